The second-order valence-electron chi connectivity index (χ2n) is 3.45. The fourth-order valence-electron chi connectivity index (χ4n) is 1.40. The van der Waals surface area contributed by atoms with Gasteiger partial charge >= 0.3 is 0 Å². The highest BCUT2D eigenvalue weighted by atomic mass is 16.2. The summed E-state index contributed by atoms with van der Waals surface area (Å²) in [5.41, 5.74) is 4.40. The van der Waals surface area contributed by atoms with Gasteiger partial charge in [-0.25, -0.2) is 0 Å². The number of aryl methyl sites for hydroxylation is 1. The van der Waals surface area contributed by atoms with Crippen molar-refractivity contribution in [2.24, 2.45) is 0 Å². The van der Waals surface area contributed by atoms with E-state index in [9.17, 15) is 9.59 Å². The predicted octanol–water partition coefficient (Wildman–Crippen LogP) is 1.63. The van der Waals surface area contributed by atoms with Crippen LogP contribution >= 0.6 is 0 Å². The average molecular weight is 230 g/mol. The highest BCUT2D eigenvalue weighted by Gasteiger charge is 2.07. The van der Waals surface area contributed by atoms with Crippen molar-refractivity contribution in [2.45, 2.75) is 6.92 Å². The summed E-state index contributed by atoms with van der Waals surface area (Å²) in [4.78, 5) is 22.7. The number of benzene rings is 1. The first-order valence-corrected chi connectivity index (χ1v) is 5.08. The summed E-state index contributed by atoms with van der Waals surface area (Å²) in [6.07, 6.45) is 1.21. The molecule has 1 aromatic rings. The summed E-state index contributed by atoms with van der Waals surface area (Å²) in [7, 11) is 1.58. The Bertz CT molecular complexity index is 500. The lowest BCUT2D eigenvalue weighted by Crippen LogP contribution is -2.19. The van der Waals surface area contributed by atoms with E-state index in [4.69, 9.17) is 0 Å². The highest BCUT2D eigenvalue weighted by molar-refractivity contribution is 6.00. The zero-order chi connectivity index (χ0) is 12.8. The molecule has 4 heteroatoms. The van der Waals surface area contributed by atoms with Crippen LogP contribution in [0.25, 0.3) is 0 Å². The molecule has 2 amide bonds. The topological polar surface area (TPSA) is 58.2 Å². The Morgan fingerprint density at radius 3 is 2.65 bits per heavy atom. The Balaban J connectivity index is 2.93. The maximum Gasteiger partial charge on any atom is 0.256 e. The first kappa shape index (κ1) is 12.7. The molecule has 4 nitrogen and oxygen atoms in total. The third-order valence-corrected chi connectivity index (χ3v) is 2.20. The third kappa shape index (κ3) is 3.33. The summed E-state index contributed by atoms with van der Waals surface area (Å²) < 4.78 is 0. The molecule has 0 aliphatic heterocycles. The van der Waals surface area contributed by atoms with Gasteiger partial charge in [-0.15, -0.1) is 5.73 Å². The number of carbonyl (C=O) groups is 2. The standard InChI is InChI=1S/C13H14N2O2/c1-4-5-12(16)15-10-6-7-11(9(2)8-10)13(17)14-3/h5-8H,1H2,2-3H3,(H,14,17)(H,15,16). The SMILES string of the molecule is C=C=CC(=O)Nc1ccc(C(=O)NC)c(C)c1. The minimum atomic E-state index is -0.299. The lowest BCUT2D eigenvalue weighted by Gasteiger charge is -2.07. The van der Waals surface area contributed by atoms with Gasteiger partial charge < -0.3 is 10.6 Å². The maximum atomic E-state index is 11.4. The van der Waals surface area contributed by atoms with Gasteiger partial charge in [-0.2, -0.15) is 0 Å². The molecule has 0 saturated heterocycles. The quantitative estimate of drug-likeness (QED) is 0.612. The molecule has 0 aliphatic carbocycles. The molecule has 0 unspecified atom stereocenters. The van der Waals surface area contributed by atoms with Crippen LogP contribution < -0.4 is 10.6 Å². The molecule has 0 atom stereocenters. The predicted molar refractivity (Wildman–Crippen MR) is 66.9 cm³/mol. The summed E-state index contributed by atoms with van der Waals surface area (Å²) in [6, 6.07) is 5.08. The van der Waals surface area contributed by atoms with E-state index in [1.165, 1.54) is 6.08 Å². The summed E-state index contributed by atoms with van der Waals surface area (Å²) >= 11 is 0. The molecule has 0 radical (unpaired) electrons. The van der Waals surface area contributed by atoms with Gasteiger partial charge in [0.2, 0.25) is 0 Å². The zero-order valence-electron chi connectivity index (χ0n) is 9.83. The largest absolute Gasteiger partial charge is 0.355 e. The Morgan fingerprint density at radius 2 is 2.12 bits per heavy atom. The number of nitrogens with one attached hydrogen (secondary N) is 2. The van der Waals surface area contributed by atoms with Crippen molar-refractivity contribution in [3.63, 3.8) is 0 Å². The Kier molecular flexibility index (Phi) is 4.26. The fraction of sp³-hybridized carbons (Fsp3) is 0.154. The molecule has 0 fully saturated rings. The van der Waals surface area contributed by atoms with E-state index in [-0.39, 0.29) is 11.8 Å². The molecular weight excluding hydrogens is 216 g/mol. The van der Waals surface area contributed by atoms with Crippen molar-refractivity contribution in [3.05, 3.63) is 47.7 Å². The van der Waals surface area contributed by atoms with Gasteiger partial charge in [-0.1, -0.05) is 6.58 Å². The van der Waals surface area contributed by atoms with E-state index >= 15 is 0 Å². The molecule has 88 valence electrons. The number of carbonyl (C=O) groups excluding carboxylic acids is 2. The van der Waals surface area contributed by atoms with Crippen molar-refractivity contribution in [3.8, 4) is 0 Å². The van der Waals surface area contributed by atoms with Crippen LogP contribution in [0.4, 0.5) is 5.69 Å². The minimum absolute atomic E-state index is 0.147. The van der Waals surface area contributed by atoms with Gasteiger partial charge in [0, 0.05) is 24.4 Å². The molecule has 0 bridgehead atoms. The maximum absolute atomic E-state index is 11.4. The average Bonchev–Trinajstić information content (AvgIpc) is 2.28. The number of hydrogen-bond donors (Lipinski definition) is 2. The molecule has 0 aromatic heterocycles. The number of hydrogen-bond acceptors (Lipinski definition) is 2. The van der Waals surface area contributed by atoms with Crippen LogP contribution in [0.1, 0.15) is 15.9 Å². The Hall–Kier alpha value is -2.32. The Labute approximate surface area is 100 Å². The van der Waals surface area contributed by atoms with Gasteiger partial charge in [0.15, 0.2) is 0 Å². The van der Waals surface area contributed by atoms with Crippen LogP contribution in [0.2, 0.25) is 0 Å². The van der Waals surface area contributed by atoms with Crippen LogP contribution in [-0.4, -0.2) is 18.9 Å². The van der Waals surface area contributed by atoms with Gasteiger partial charge in [-0.05, 0) is 30.7 Å². The van der Waals surface area contributed by atoms with Gasteiger partial charge in [-0.3, -0.25) is 9.59 Å². The van der Waals surface area contributed by atoms with Gasteiger partial charge in [0.25, 0.3) is 11.8 Å². The van der Waals surface area contributed by atoms with Crippen LogP contribution in [0.15, 0.2) is 36.6 Å². The van der Waals surface area contributed by atoms with Crippen LogP contribution in [0, 0.1) is 6.92 Å². The molecule has 1 rings (SSSR count). The highest BCUT2D eigenvalue weighted by Crippen LogP contribution is 2.15. The van der Waals surface area contributed by atoms with Crippen molar-refractivity contribution < 1.29 is 9.59 Å². The number of rotatable bonds is 3. The van der Waals surface area contributed by atoms with E-state index < -0.39 is 0 Å². The second kappa shape index (κ2) is 5.68. The molecule has 0 aliphatic rings. The van der Waals surface area contributed by atoms with Crippen molar-refractivity contribution in [1.29, 1.82) is 0 Å². The third-order valence-electron chi connectivity index (χ3n) is 2.20. The normalized spacial score (nSPS) is 9.06. The molecular formula is C13H14N2O2. The summed E-state index contributed by atoms with van der Waals surface area (Å²) in [5, 5.41) is 5.19. The van der Waals surface area contributed by atoms with E-state index in [1.54, 1.807) is 25.2 Å². The lowest BCUT2D eigenvalue weighted by molar-refractivity contribution is -0.111. The van der Waals surface area contributed by atoms with Crippen molar-refractivity contribution in [2.75, 3.05) is 12.4 Å². The molecule has 0 saturated carbocycles. The first-order chi connectivity index (χ1) is 8.08. The van der Waals surface area contributed by atoms with Gasteiger partial charge in [0.05, 0.1) is 0 Å². The monoisotopic (exact) mass is 230 g/mol. The summed E-state index contributed by atoms with van der Waals surface area (Å²) in [5.74, 6) is -0.446. The van der Waals surface area contributed by atoms with Crippen molar-refractivity contribution in [1.82, 2.24) is 5.32 Å². The smallest absolute Gasteiger partial charge is 0.256 e. The van der Waals surface area contributed by atoms with Crippen LogP contribution in [0.5, 0.6) is 0 Å². The minimum Gasteiger partial charge on any atom is -0.355 e. The Morgan fingerprint density at radius 1 is 1.41 bits per heavy atom. The summed E-state index contributed by atoms with van der Waals surface area (Å²) in [6.45, 7) is 5.12. The van der Waals surface area contributed by atoms with Crippen molar-refractivity contribution >= 4 is 17.5 Å². The van der Waals surface area contributed by atoms with E-state index in [2.05, 4.69) is 22.9 Å². The lowest BCUT2D eigenvalue weighted by atomic mass is 10.1. The van der Waals surface area contributed by atoms with Crippen LogP contribution in [-0.2, 0) is 4.79 Å². The van der Waals surface area contributed by atoms with E-state index in [1.807, 2.05) is 6.92 Å². The molecule has 0 heterocycles. The van der Waals surface area contributed by atoms with Gasteiger partial charge in [0.1, 0.15) is 0 Å². The molecule has 0 spiro atoms. The molecule has 17 heavy (non-hydrogen) atoms. The first-order valence-electron chi connectivity index (χ1n) is 5.08. The zero-order valence-corrected chi connectivity index (χ0v) is 9.83. The number of amides is 2. The molecule has 2 N–H and O–H groups in total. The molecule has 1 aromatic carbocycles. The second-order valence-corrected chi connectivity index (χ2v) is 3.45. The van der Waals surface area contributed by atoms with E-state index in [0.29, 0.717) is 11.3 Å². The number of anilines is 1. The van der Waals surface area contributed by atoms with Crippen LogP contribution in [0.3, 0.4) is 0 Å². The van der Waals surface area contributed by atoms with E-state index in [0.717, 1.165) is 5.56 Å². The fourth-order valence-corrected chi connectivity index (χ4v) is 1.40.